The van der Waals surface area contributed by atoms with E-state index in [4.69, 9.17) is 25.8 Å². The van der Waals surface area contributed by atoms with Crippen molar-refractivity contribution in [2.75, 3.05) is 26.3 Å². The molecular weight excluding hydrogens is 449 g/mol. The van der Waals surface area contributed by atoms with Crippen LogP contribution in [-0.4, -0.2) is 57.2 Å². The first-order valence-electron chi connectivity index (χ1n) is 9.68. The average molecular weight is 472 g/mol. The van der Waals surface area contributed by atoms with E-state index in [9.17, 15) is 17.6 Å². The van der Waals surface area contributed by atoms with Gasteiger partial charge in [0.2, 0.25) is 10.0 Å². The van der Waals surface area contributed by atoms with Crippen LogP contribution in [0, 0.1) is 5.82 Å². The molecule has 0 radical (unpaired) electrons. The van der Waals surface area contributed by atoms with Crippen LogP contribution in [0.2, 0.25) is 5.02 Å². The molecule has 2 aromatic rings. The first-order valence-corrected chi connectivity index (χ1v) is 11.5. The van der Waals surface area contributed by atoms with Crippen LogP contribution in [0.25, 0.3) is 0 Å². The van der Waals surface area contributed by atoms with Gasteiger partial charge in [-0.05, 0) is 44.2 Å². The van der Waals surface area contributed by atoms with Gasteiger partial charge in [0.15, 0.2) is 11.6 Å². The number of esters is 1. The van der Waals surface area contributed by atoms with E-state index in [1.165, 1.54) is 40.7 Å². The standard InChI is InChI=1S/C21H23ClFNO6S/c1-14-12-24(13-15(2)30-14)31(26,27)20-11-16(7-8-17(20)22)21(25)29-10-9-28-19-6-4-3-5-18(19)23/h3-8,11,14-15H,9-10,12-13H2,1-2H3. The zero-order valence-electron chi connectivity index (χ0n) is 17.1. The van der Waals surface area contributed by atoms with E-state index >= 15 is 0 Å². The zero-order valence-corrected chi connectivity index (χ0v) is 18.7. The molecule has 10 heteroatoms. The molecule has 0 aromatic heterocycles. The van der Waals surface area contributed by atoms with Crippen LogP contribution in [0.15, 0.2) is 47.4 Å². The Bertz CT molecular complexity index is 1040. The summed E-state index contributed by atoms with van der Waals surface area (Å²) in [5.74, 6) is -1.21. The molecule has 0 amide bonds. The van der Waals surface area contributed by atoms with Gasteiger partial charge in [-0.3, -0.25) is 0 Å². The van der Waals surface area contributed by atoms with Crippen LogP contribution in [0.1, 0.15) is 24.2 Å². The predicted octanol–water partition coefficient (Wildman–Crippen LogP) is 3.51. The fraction of sp³-hybridized carbons (Fsp3) is 0.381. The van der Waals surface area contributed by atoms with Gasteiger partial charge in [-0.2, -0.15) is 4.31 Å². The van der Waals surface area contributed by atoms with Crippen molar-refractivity contribution in [1.82, 2.24) is 4.31 Å². The van der Waals surface area contributed by atoms with E-state index in [1.807, 2.05) is 0 Å². The smallest absolute Gasteiger partial charge is 0.338 e. The fourth-order valence-corrected chi connectivity index (χ4v) is 5.32. The Morgan fingerprint density at radius 2 is 1.84 bits per heavy atom. The summed E-state index contributed by atoms with van der Waals surface area (Å²) in [6, 6.07) is 9.79. The number of hydrogen-bond donors (Lipinski definition) is 0. The largest absolute Gasteiger partial charge is 0.487 e. The Morgan fingerprint density at radius 1 is 1.16 bits per heavy atom. The quantitative estimate of drug-likeness (QED) is 0.454. The number of nitrogens with zero attached hydrogens (tertiary/aromatic N) is 1. The summed E-state index contributed by atoms with van der Waals surface area (Å²) >= 11 is 6.14. The van der Waals surface area contributed by atoms with Gasteiger partial charge in [-0.25, -0.2) is 17.6 Å². The molecule has 1 aliphatic heterocycles. The van der Waals surface area contributed by atoms with E-state index in [-0.39, 0.29) is 59.7 Å². The second-order valence-corrected chi connectivity index (χ2v) is 9.45. The highest BCUT2D eigenvalue weighted by molar-refractivity contribution is 7.89. The Labute approximate surface area is 185 Å². The molecule has 0 spiro atoms. The van der Waals surface area contributed by atoms with Crippen molar-refractivity contribution in [1.29, 1.82) is 0 Å². The maximum Gasteiger partial charge on any atom is 0.338 e. The lowest BCUT2D eigenvalue weighted by Crippen LogP contribution is -2.48. The highest BCUT2D eigenvalue weighted by atomic mass is 35.5. The van der Waals surface area contributed by atoms with Gasteiger partial charge in [0.05, 0.1) is 22.8 Å². The third-order valence-electron chi connectivity index (χ3n) is 4.58. The van der Waals surface area contributed by atoms with Gasteiger partial charge < -0.3 is 14.2 Å². The van der Waals surface area contributed by atoms with E-state index in [0.717, 1.165) is 0 Å². The van der Waals surface area contributed by atoms with Crippen LogP contribution in [0.4, 0.5) is 4.39 Å². The highest BCUT2D eigenvalue weighted by Crippen LogP contribution is 2.28. The lowest BCUT2D eigenvalue weighted by atomic mass is 10.2. The normalized spacial score (nSPS) is 19.7. The Balaban J connectivity index is 1.67. The molecule has 1 fully saturated rings. The summed E-state index contributed by atoms with van der Waals surface area (Å²) < 4.78 is 57.0. The number of morpholine rings is 1. The predicted molar refractivity (Wildman–Crippen MR) is 112 cm³/mol. The lowest BCUT2D eigenvalue weighted by molar-refractivity contribution is -0.0440. The zero-order chi connectivity index (χ0) is 22.6. The summed E-state index contributed by atoms with van der Waals surface area (Å²) in [5.41, 5.74) is 0.0308. The van der Waals surface area contributed by atoms with E-state index in [1.54, 1.807) is 19.9 Å². The van der Waals surface area contributed by atoms with Crippen LogP contribution in [-0.2, 0) is 19.5 Å². The molecule has 3 rings (SSSR count). The summed E-state index contributed by atoms with van der Waals surface area (Å²) in [7, 11) is -3.93. The number of rotatable bonds is 7. The Kier molecular flexibility index (Phi) is 7.53. The number of halogens is 2. The molecule has 2 unspecified atom stereocenters. The van der Waals surface area contributed by atoms with Gasteiger partial charge >= 0.3 is 5.97 Å². The van der Waals surface area contributed by atoms with E-state index < -0.39 is 21.8 Å². The van der Waals surface area contributed by atoms with Crippen LogP contribution in [0.3, 0.4) is 0 Å². The number of para-hydroxylation sites is 1. The Hall–Kier alpha value is -2.20. The second-order valence-electron chi connectivity index (χ2n) is 7.14. The molecule has 0 aliphatic carbocycles. The second kappa shape index (κ2) is 9.95. The molecule has 7 nitrogen and oxygen atoms in total. The fourth-order valence-electron chi connectivity index (χ4n) is 3.23. The molecule has 2 aromatic carbocycles. The van der Waals surface area contributed by atoms with E-state index in [2.05, 4.69) is 0 Å². The maximum absolute atomic E-state index is 13.5. The number of carbonyl (C=O) groups excluding carboxylic acids is 1. The van der Waals surface area contributed by atoms with Gasteiger partial charge in [-0.1, -0.05) is 23.7 Å². The summed E-state index contributed by atoms with van der Waals surface area (Å²) in [4.78, 5) is 12.2. The minimum Gasteiger partial charge on any atom is -0.487 e. The molecular formula is C21H23ClFNO6S. The van der Waals surface area contributed by atoms with Crippen molar-refractivity contribution in [2.24, 2.45) is 0 Å². The van der Waals surface area contributed by atoms with Crippen molar-refractivity contribution in [3.8, 4) is 5.75 Å². The van der Waals surface area contributed by atoms with Crippen molar-refractivity contribution in [2.45, 2.75) is 31.0 Å². The average Bonchev–Trinajstić information content (AvgIpc) is 2.71. The molecule has 1 saturated heterocycles. The topological polar surface area (TPSA) is 82.1 Å². The van der Waals surface area contributed by atoms with Gasteiger partial charge in [0.1, 0.15) is 18.1 Å². The van der Waals surface area contributed by atoms with Crippen LogP contribution >= 0.6 is 11.6 Å². The van der Waals surface area contributed by atoms with Crippen molar-refractivity contribution >= 4 is 27.6 Å². The van der Waals surface area contributed by atoms with Crippen LogP contribution < -0.4 is 4.74 Å². The monoisotopic (exact) mass is 471 g/mol. The highest BCUT2D eigenvalue weighted by Gasteiger charge is 2.34. The molecule has 168 valence electrons. The SMILES string of the molecule is CC1CN(S(=O)(=O)c2cc(C(=O)OCCOc3ccccc3F)ccc2Cl)CC(C)O1. The van der Waals surface area contributed by atoms with E-state index in [0.29, 0.717) is 0 Å². The molecule has 0 N–H and O–H groups in total. The molecule has 1 heterocycles. The number of benzene rings is 2. The van der Waals surface area contributed by atoms with Crippen LogP contribution in [0.5, 0.6) is 5.75 Å². The van der Waals surface area contributed by atoms with Crippen molar-refractivity contribution in [3.63, 3.8) is 0 Å². The summed E-state index contributed by atoms with van der Waals surface area (Å²) in [5, 5.41) is 0.00577. The Morgan fingerprint density at radius 3 is 2.52 bits per heavy atom. The third kappa shape index (κ3) is 5.74. The number of ether oxygens (including phenoxy) is 3. The van der Waals surface area contributed by atoms with Gasteiger partial charge in [-0.15, -0.1) is 0 Å². The molecule has 0 saturated carbocycles. The molecule has 31 heavy (non-hydrogen) atoms. The maximum atomic E-state index is 13.5. The molecule has 1 aliphatic rings. The van der Waals surface area contributed by atoms with Gasteiger partial charge in [0.25, 0.3) is 0 Å². The summed E-state index contributed by atoms with van der Waals surface area (Å²) in [6.07, 6.45) is -0.528. The lowest BCUT2D eigenvalue weighted by Gasteiger charge is -2.34. The van der Waals surface area contributed by atoms with Crippen molar-refractivity contribution in [3.05, 3.63) is 58.9 Å². The third-order valence-corrected chi connectivity index (χ3v) is 6.89. The number of hydrogen-bond acceptors (Lipinski definition) is 6. The molecule has 2 atom stereocenters. The number of sulfonamides is 1. The van der Waals surface area contributed by atoms with Gasteiger partial charge in [0, 0.05) is 13.1 Å². The molecule has 0 bridgehead atoms. The minimum absolute atomic E-state index is 0.00577. The first-order chi connectivity index (χ1) is 14.7. The summed E-state index contributed by atoms with van der Waals surface area (Å²) in [6.45, 7) is 3.75. The minimum atomic E-state index is -3.93. The number of carbonyl (C=O) groups is 1. The first kappa shape index (κ1) is 23.5. The van der Waals surface area contributed by atoms with Crippen molar-refractivity contribution < 1.29 is 31.8 Å².